The fourth-order valence-electron chi connectivity index (χ4n) is 1.49. The van der Waals surface area contributed by atoms with Crippen LogP contribution in [0.1, 0.15) is 30.2 Å². The molecule has 0 bridgehead atoms. The number of nitrogens with one attached hydrogen (secondary N) is 1. The van der Waals surface area contributed by atoms with Crippen LogP contribution in [0.15, 0.2) is 16.5 Å². The molecule has 0 saturated carbocycles. The summed E-state index contributed by atoms with van der Waals surface area (Å²) in [7, 11) is 1.66. The normalized spacial score (nSPS) is 12.9. The minimum atomic E-state index is -1.05. The fraction of sp³-hybridized carbons (Fsp3) is 0.583. The van der Waals surface area contributed by atoms with Gasteiger partial charge in [-0.15, -0.1) is 0 Å². The van der Waals surface area contributed by atoms with Gasteiger partial charge in [-0.3, -0.25) is 0 Å². The minimum absolute atomic E-state index is 0.0327. The van der Waals surface area contributed by atoms with Crippen LogP contribution in [0.5, 0.6) is 0 Å². The molecule has 1 unspecified atom stereocenters. The first-order valence-electron chi connectivity index (χ1n) is 5.59. The Balaban J connectivity index is 2.50. The van der Waals surface area contributed by atoms with Crippen molar-refractivity contribution in [2.75, 3.05) is 13.7 Å². The number of hydrogen-bond donors (Lipinski definition) is 2. The molecule has 1 rings (SSSR count). The molecule has 2 N–H and O–H groups in total. The summed E-state index contributed by atoms with van der Waals surface area (Å²) in [6.45, 7) is 5.31. The summed E-state index contributed by atoms with van der Waals surface area (Å²) in [4.78, 5) is 10.6. The largest absolute Gasteiger partial charge is 0.475 e. The number of rotatable bonds is 7. The van der Waals surface area contributed by atoms with E-state index >= 15 is 0 Å². The second kappa shape index (κ2) is 6.42. The number of methoxy groups -OCH3 is 1. The number of aromatic carboxylic acids is 1. The van der Waals surface area contributed by atoms with Gasteiger partial charge in [-0.25, -0.2) is 4.79 Å². The third kappa shape index (κ3) is 4.20. The van der Waals surface area contributed by atoms with Crippen LogP contribution in [-0.4, -0.2) is 30.8 Å². The first-order chi connectivity index (χ1) is 8.04. The average molecular weight is 241 g/mol. The molecule has 0 aliphatic carbocycles. The van der Waals surface area contributed by atoms with Gasteiger partial charge < -0.3 is 19.6 Å². The summed E-state index contributed by atoms with van der Waals surface area (Å²) in [5.74, 6) is -0.0313. The van der Waals surface area contributed by atoms with Gasteiger partial charge in [0, 0.05) is 13.2 Å². The Morgan fingerprint density at radius 3 is 2.71 bits per heavy atom. The molecular formula is C12H19NO4. The number of carboxylic acids is 1. The van der Waals surface area contributed by atoms with E-state index in [1.165, 1.54) is 6.07 Å². The molecule has 0 saturated heterocycles. The van der Waals surface area contributed by atoms with Crippen molar-refractivity contribution in [3.8, 4) is 0 Å². The molecule has 0 spiro atoms. The Kier molecular flexibility index (Phi) is 5.18. The van der Waals surface area contributed by atoms with Gasteiger partial charge in [0.05, 0.1) is 13.2 Å². The highest BCUT2D eigenvalue weighted by atomic mass is 16.5. The molecule has 1 atom stereocenters. The topological polar surface area (TPSA) is 71.7 Å². The third-order valence-corrected chi connectivity index (χ3v) is 2.56. The molecule has 0 radical (unpaired) electrons. The average Bonchev–Trinajstić information content (AvgIpc) is 2.72. The van der Waals surface area contributed by atoms with Gasteiger partial charge in [-0.1, -0.05) is 13.8 Å². The van der Waals surface area contributed by atoms with Gasteiger partial charge in [0.2, 0.25) is 5.76 Å². The number of ether oxygens (including phenoxy) is 1. The maximum absolute atomic E-state index is 10.6. The highest BCUT2D eigenvalue weighted by Crippen LogP contribution is 2.09. The Morgan fingerprint density at radius 2 is 2.24 bits per heavy atom. The molecule has 96 valence electrons. The zero-order valence-corrected chi connectivity index (χ0v) is 10.4. The van der Waals surface area contributed by atoms with Gasteiger partial charge in [-0.2, -0.15) is 0 Å². The second-order valence-electron chi connectivity index (χ2n) is 4.26. The van der Waals surface area contributed by atoms with Crippen LogP contribution in [0.25, 0.3) is 0 Å². The molecule has 5 heteroatoms. The van der Waals surface area contributed by atoms with E-state index in [1.54, 1.807) is 13.2 Å². The fourth-order valence-corrected chi connectivity index (χ4v) is 1.49. The molecule has 0 amide bonds. The van der Waals surface area contributed by atoms with Crippen molar-refractivity contribution in [3.05, 3.63) is 23.7 Å². The summed E-state index contributed by atoms with van der Waals surface area (Å²) in [5, 5.41) is 12.0. The summed E-state index contributed by atoms with van der Waals surface area (Å²) in [6.07, 6.45) is 0. The highest BCUT2D eigenvalue weighted by molar-refractivity contribution is 5.84. The van der Waals surface area contributed by atoms with Crippen molar-refractivity contribution >= 4 is 5.97 Å². The molecule has 0 aliphatic heterocycles. The van der Waals surface area contributed by atoms with Gasteiger partial charge in [0.15, 0.2) is 0 Å². The predicted octanol–water partition coefficient (Wildman–Crippen LogP) is 1.74. The summed E-state index contributed by atoms with van der Waals surface area (Å²) < 4.78 is 10.3. The van der Waals surface area contributed by atoms with Crippen molar-refractivity contribution < 1.29 is 19.1 Å². The zero-order valence-electron chi connectivity index (χ0n) is 10.4. The van der Waals surface area contributed by atoms with Crippen molar-refractivity contribution in [1.29, 1.82) is 0 Å². The van der Waals surface area contributed by atoms with E-state index in [1.807, 2.05) is 0 Å². The lowest BCUT2D eigenvalue weighted by molar-refractivity contribution is 0.0659. The van der Waals surface area contributed by atoms with Gasteiger partial charge in [0.25, 0.3) is 0 Å². The zero-order chi connectivity index (χ0) is 12.8. The van der Waals surface area contributed by atoms with Crippen molar-refractivity contribution in [2.45, 2.75) is 26.4 Å². The highest BCUT2D eigenvalue weighted by Gasteiger charge is 2.14. The van der Waals surface area contributed by atoms with Crippen LogP contribution < -0.4 is 5.32 Å². The van der Waals surface area contributed by atoms with Gasteiger partial charge >= 0.3 is 5.97 Å². The number of hydrogen-bond acceptors (Lipinski definition) is 4. The van der Waals surface area contributed by atoms with Crippen LogP contribution in [0, 0.1) is 5.92 Å². The number of carboxylic acid groups (broad SMARTS) is 1. The summed E-state index contributed by atoms with van der Waals surface area (Å²) >= 11 is 0. The lowest BCUT2D eigenvalue weighted by Gasteiger charge is -2.20. The van der Waals surface area contributed by atoms with E-state index in [-0.39, 0.29) is 11.8 Å². The van der Waals surface area contributed by atoms with E-state index in [9.17, 15) is 4.79 Å². The van der Waals surface area contributed by atoms with E-state index in [2.05, 4.69) is 19.2 Å². The minimum Gasteiger partial charge on any atom is -0.475 e. The molecule has 1 heterocycles. The molecule has 17 heavy (non-hydrogen) atoms. The van der Waals surface area contributed by atoms with Crippen molar-refractivity contribution in [1.82, 2.24) is 5.32 Å². The lowest BCUT2D eigenvalue weighted by Crippen LogP contribution is -2.37. The smallest absolute Gasteiger partial charge is 0.371 e. The van der Waals surface area contributed by atoms with E-state index < -0.39 is 5.97 Å². The van der Waals surface area contributed by atoms with Crippen LogP contribution in [-0.2, 0) is 11.3 Å². The maximum atomic E-state index is 10.6. The van der Waals surface area contributed by atoms with E-state index in [0.717, 1.165) is 0 Å². The number of furan rings is 1. The summed E-state index contributed by atoms with van der Waals surface area (Å²) in [6, 6.07) is 3.35. The van der Waals surface area contributed by atoms with Crippen molar-refractivity contribution in [3.63, 3.8) is 0 Å². The molecular weight excluding hydrogens is 222 g/mol. The molecule has 0 aliphatic rings. The Bertz CT molecular complexity index is 359. The van der Waals surface area contributed by atoms with E-state index in [4.69, 9.17) is 14.3 Å². The molecule has 0 aromatic carbocycles. The Hall–Kier alpha value is -1.33. The molecule has 1 aromatic rings. The quantitative estimate of drug-likeness (QED) is 0.760. The van der Waals surface area contributed by atoms with Crippen LogP contribution in [0.3, 0.4) is 0 Å². The van der Waals surface area contributed by atoms with Crippen LogP contribution >= 0.6 is 0 Å². The van der Waals surface area contributed by atoms with Crippen molar-refractivity contribution in [2.24, 2.45) is 5.92 Å². The molecule has 5 nitrogen and oxygen atoms in total. The van der Waals surface area contributed by atoms with Crippen LogP contribution in [0.4, 0.5) is 0 Å². The first-order valence-corrected chi connectivity index (χ1v) is 5.59. The maximum Gasteiger partial charge on any atom is 0.371 e. The standard InChI is InChI=1S/C12H19NO4/c1-8(2)10(7-16-3)13-6-9-4-5-11(17-9)12(14)15/h4-5,8,10,13H,6-7H2,1-3H3,(H,14,15). The number of carbonyl (C=O) groups is 1. The van der Waals surface area contributed by atoms with E-state index in [0.29, 0.717) is 24.8 Å². The SMILES string of the molecule is COCC(NCc1ccc(C(=O)O)o1)C(C)C. The molecule has 1 aromatic heterocycles. The first kappa shape index (κ1) is 13.7. The molecule has 0 fully saturated rings. The second-order valence-corrected chi connectivity index (χ2v) is 4.26. The third-order valence-electron chi connectivity index (χ3n) is 2.56. The van der Waals surface area contributed by atoms with Gasteiger partial charge in [-0.05, 0) is 18.1 Å². The Morgan fingerprint density at radius 1 is 1.53 bits per heavy atom. The predicted molar refractivity (Wildman–Crippen MR) is 63.0 cm³/mol. The van der Waals surface area contributed by atoms with Crippen LogP contribution in [0.2, 0.25) is 0 Å². The van der Waals surface area contributed by atoms with Gasteiger partial charge in [0.1, 0.15) is 5.76 Å². The lowest BCUT2D eigenvalue weighted by atomic mass is 10.1. The monoisotopic (exact) mass is 241 g/mol. The summed E-state index contributed by atoms with van der Waals surface area (Å²) in [5.41, 5.74) is 0. The Labute approximate surface area is 101 Å².